The maximum atomic E-state index is 12.7. The molecule has 0 aliphatic rings. The van der Waals surface area contributed by atoms with Crippen LogP contribution in [0.3, 0.4) is 0 Å². The monoisotopic (exact) mass is 339 g/mol. The zero-order valence-corrected chi connectivity index (χ0v) is 10.9. The van der Waals surface area contributed by atoms with E-state index >= 15 is 0 Å². The van der Waals surface area contributed by atoms with E-state index in [1.807, 2.05) is 0 Å². The Labute approximate surface area is 114 Å². The first kappa shape index (κ1) is 15.3. The van der Waals surface area contributed by atoms with Gasteiger partial charge in [0.1, 0.15) is 0 Å². The fourth-order valence-corrected chi connectivity index (χ4v) is 1.62. The molecule has 0 unspecified atom stereocenters. The van der Waals surface area contributed by atoms with Gasteiger partial charge in [-0.3, -0.25) is 10.1 Å². The number of nitrogens with one attached hydrogen (secondary N) is 2. The van der Waals surface area contributed by atoms with Crippen molar-refractivity contribution in [1.29, 1.82) is 0 Å². The van der Waals surface area contributed by atoms with E-state index in [1.165, 1.54) is 12.1 Å². The average Bonchev–Trinajstić information content (AvgIpc) is 2.25. The van der Waals surface area contributed by atoms with E-state index in [2.05, 4.69) is 21.2 Å². The van der Waals surface area contributed by atoms with E-state index in [0.29, 0.717) is 0 Å². The molecule has 4 N–H and O–H groups in total. The third-order valence-electron chi connectivity index (χ3n) is 1.99. The molecule has 19 heavy (non-hydrogen) atoms. The zero-order chi connectivity index (χ0) is 14.6. The van der Waals surface area contributed by atoms with Gasteiger partial charge in [0.25, 0.3) is 0 Å². The number of halogens is 4. The van der Waals surface area contributed by atoms with Crippen LogP contribution in [-0.2, 0) is 11.0 Å². The molecule has 104 valence electrons. The summed E-state index contributed by atoms with van der Waals surface area (Å²) in [6.07, 6.45) is -4.56. The summed E-state index contributed by atoms with van der Waals surface area (Å²) in [5.74, 6) is -0.830. The maximum Gasteiger partial charge on any atom is 0.418 e. The van der Waals surface area contributed by atoms with Gasteiger partial charge in [-0.2, -0.15) is 13.2 Å². The Hall–Kier alpha value is -1.77. The highest BCUT2D eigenvalue weighted by atomic mass is 79.9. The molecule has 9 heteroatoms. The van der Waals surface area contributed by atoms with Gasteiger partial charge in [0.2, 0.25) is 5.91 Å². The lowest BCUT2D eigenvalue weighted by Gasteiger charge is -2.14. The number of carbonyl (C=O) groups excluding carboxylic acids is 2. The lowest BCUT2D eigenvalue weighted by Crippen LogP contribution is -2.38. The van der Waals surface area contributed by atoms with Crippen molar-refractivity contribution in [2.75, 3.05) is 11.9 Å². The van der Waals surface area contributed by atoms with E-state index < -0.39 is 30.2 Å². The number of carbonyl (C=O) groups is 2. The third-order valence-corrected chi connectivity index (χ3v) is 2.48. The van der Waals surface area contributed by atoms with Crippen molar-refractivity contribution < 1.29 is 22.8 Å². The highest BCUT2D eigenvalue weighted by Gasteiger charge is 2.33. The van der Waals surface area contributed by atoms with Crippen LogP contribution in [0.5, 0.6) is 0 Å². The second-order valence-electron chi connectivity index (χ2n) is 3.45. The SMILES string of the molecule is NC(=O)NC(=O)CNc1ccc(Br)cc1C(F)(F)F. The van der Waals surface area contributed by atoms with E-state index in [0.717, 1.165) is 6.07 Å². The number of alkyl halides is 3. The van der Waals surface area contributed by atoms with Crippen molar-refractivity contribution in [2.24, 2.45) is 5.73 Å². The number of benzene rings is 1. The number of rotatable bonds is 3. The van der Waals surface area contributed by atoms with Crippen LogP contribution in [0.15, 0.2) is 22.7 Å². The van der Waals surface area contributed by atoms with E-state index in [-0.39, 0.29) is 10.2 Å². The van der Waals surface area contributed by atoms with Crippen molar-refractivity contribution in [3.63, 3.8) is 0 Å². The molecule has 0 spiro atoms. The Morgan fingerprint density at radius 1 is 1.32 bits per heavy atom. The number of hydrogen-bond acceptors (Lipinski definition) is 3. The van der Waals surface area contributed by atoms with Crippen LogP contribution in [0.4, 0.5) is 23.7 Å². The molecule has 1 aromatic carbocycles. The molecule has 0 fully saturated rings. The van der Waals surface area contributed by atoms with Crippen molar-refractivity contribution in [3.05, 3.63) is 28.2 Å². The quantitative estimate of drug-likeness (QED) is 0.788. The lowest BCUT2D eigenvalue weighted by atomic mass is 10.1. The van der Waals surface area contributed by atoms with Crippen molar-refractivity contribution in [3.8, 4) is 0 Å². The molecule has 3 amide bonds. The topological polar surface area (TPSA) is 84.2 Å². The first-order valence-corrected chi connectivity index (χ1v) is 5.69. The number of anilines is 1. The number of nitrogens with two attached hydrogens (primary N) is 1. The fraction of sp³-hybridized carbons (Fsp3) is 0.200. The molecule has 0 atom stereocenters. The van der Waals surface area contributed by atoms with Crippen LogP contribution in [0.2, 0.25) is 0 Å². The van der Waals surface area contributed by atoms with Gasteiger partial charge in [-0.15, -0.1) is 0 Å². The highest BCUT2D eigenvalue weighted by molar-refractivity contribution is 9.10. The lowest BCUT2D eigenvalue weighted by molar-refractivity contribution is -0.137. The smallest absolute Gasteiger partial charge is 0.376 e. The minimum absolute atomic E-state index is 0.256. The minimum Gasteiger partial charge on any atom is -0.376 e. The van der Waals surface area contributed by atoms with Crippen LogP contribution in [0, 0.1) is 0 Å². The summed E-state index contributed by atoms with van der Waals surface area (Å²) in [5.41, 5.74) is 3.51. The summed E-state index contributed by atoms with van der Waals surface area (Å²) < 4.78 is 38.4. The summed E-state index contributed by atoms with van der Waals surface area (Å²) in [7, 11) is 0. The van der Waals surface area contributed by atoms with Crippen LogP contribution in [0.1, 0.15) is 5.56 Å². The minimum atomic E-state index is -4.56. The van der Waals surface area contributed by atoms with Crippen molar-refractivity contribution in [2.45, 2.75) is 6.18 Å². The number of amides is 3. The van der Waals surface area contributed by atoms with Gasteiger partial charge in [0.05, 0.1) is 12.1 Å². The summed E-state index contributed by atoms with van der Waals surface area (Å²) in [6, 6.07) is 2.38. The molecule has 0 bridgehead atoms. The predicted molar refractivity (Wildman–Crippen MR) is 65.4 cm³/mol. The molecule has 0 saturated carbocycles. The number of urea groups is 1. The van der Waals surface area contributed by atoms with E-state index in [1.54, 1.807) is 5.32 Å². The van der Waals surface area contributed by atoms with Crippen molar-refractivity contribution >= 4 is 33.6 Å². The molecular weight excluding hydrogens is 331 g/mol. The first-order chi connectivity index (χ1) is 8.70. The second-order valence-corrected chi connectivity index (χ2v) is 4.37. The van der Waals surface area contributed by atoms with Gasteiger partial charge in [-0.1, -0.05) is 15.9 Å². The normalized spacial score (nSPS) is 10.9. The highest BCUT2D eigenvalue weighted by Crippen LogP contribution is 2.36. The molecule has 0 saturated heterocycles. The van der Waals surface area contributed by atoms with Crippen LogP contribution in [-0.4, -0.2) is 18.5 Å². The van der Waals surface area contributed by atoms with E-state index in [9.17, 15) is 22.8 Å². The molecule has 1 rings (SSSR count). The largest absolute Gasteiger partial charge is 0.418 e. The first-order valence-electron chi connectivity index (χ1n) is 4.90. The summed E-state index contributed by atoms with van der Waals surface area (Å²) in [6.45, 7) is -0.506. The Balaban J connectivity index is 2.84. The van der Waals surface area contributed by atoms with Crippen LogP contribution < -0.4 is 16.4 Å². The Morgan fingerprint density at radius 2 is 1.95 bits per heavy atom. The van der Waals surface area contributed by atoms with Gasteiger partial charge < -0.3 is 11.1 Å². The van der Waals surface area contributed by atoms with Crippen molar-refractivity contribution in [1.82, 2.24) is 5.32 Å². The fourth-order valence-electron chi connectivity index (χ4n) is 1.26. The third kappa shape index (κ3) is 4.78. The molecule has 0 heterocycles. The number of primary amides is 1. The van der Waals surface area contributed by atoms with Crippen LogP contribution in [0.25, 0.3) is 0 Å². The second kappa shape index (κ2) is 5.91. The summed E-state index contributed by atoms with van der Waals surface area (Å²) >= 11 is 2.93. The Morgan fingerprint density at radius 3 is 2.47 bits per heavy atom. The van der Waals surface area contributed by atoms with Gasteiger partial charge in [0.15, 0.2) is 0 Å². The molecule has 0 radical (unpaired) electrons. The Bertz CT molecular complexity index is 505. The van der Waals surface area contributed by atoms with Gasteiger partial charge >= 0.3 is 12.2 Å². The van der Waals surface area contributed by atoms with Crippen LogP contribution >= 0.6 is 15.9 Å². The van der Waals surface area contributed by atoms with Gasteiger partial charge in [0, 0.05) is 10.2 Å². The standard InChI is InChI=1S/C10H9BrF3N3O2/c11-5-1-2-7(6(3-5)10(12,13)14)16-4-8(18)17-9(15)19/h1-3,16H,4H2,(H3,15,17,18,19). The number of hydrogen-bond donors (Lipinski definition) is 3. The number of imide groups is 1. The molecule has 0 aliphatic carbocycles. The molecule has 1 aromatic rings. The molecule has 0 aliphatic heterocycles. The average molecular weight is 340 g/mol. The van der Waals surface area contributed by atoms with Gasteiger partial charge in [-0.25, -0.2) is 4.79 Å². The molecule has 5 nitrogen and oxygen atoms in total. The summed E-state index contributed by atoms with van der Waals surface area (Å²) in [5, 5.41) is 4.02. The Kier molecular flexibility index (Phi) is 4.76. The predicted octanol–water partition coefficient (Wildman–Crippen LogP) is 2.07. The maximum absolute atomic E-state index is 12.7. The van der Waals surface area contributed by atoms with E-state index in [4.69, 9.17) is 5.73 Å². The molecular formula is C10H9BrF3N3O2. The summed E-state index contributed by atoms with van der Waals surface area (Å²) in [4.78, 5) is 21.5. The zero-order valence-electron chi connectivity index (χ0n) is 9.34. The molecule has 0 aromatic heterocycles. The van der Waals surface area contributed by atoms with Gasteiger partial charge in [-0.05, 0) is 18.2 Å².